The average Bonchev–Trinajstić information content (AvgIpc) is 2.75. The fourth-order valence-corrected chi connectivity index (χ4v) is 4.34. The van der Waals surface area contributed by atoms with Gasteiger partial charge in [-0.3, -0.25) is 4.72 Å². The lowest BCUT2D eigenvalue weighted by Crippen LogP contribution is -2.14. The van der Waals surface area contributed by atoms with Gasteiger partial charge in [-0.1, -0.05) is 6.07 Å². The first-order valence-corrected chi connectivity index (χ1v) is 8.16. The first-order valence-electron chi connectivity index (χ1n) is 5.80. The third-order valence-corrected chi connectivity index (χ3v) is 5.19. The zero-order chi connectivity index (χ0) is 14.0. The lowest BCUT2D eigenvalue weighted by atomic mass is 10.1. The van der Waals surface area contributed by atoms with Gasteiger partial charge in [0.2, 0.25) is 0 Å². The standard InChI is InChI=1S/C13H16N2O2S2/c1-9-5-10(2)7-11(6-9)15-19(16,17)13-3-4-18-12(13)8-14/h3-7,15H,8,14H2,1-2H3. The number of nitrogens with one attached hydrogen (secondary N) is 1. The van der Waals surface area contributed by atoms with Crippen LogP contribution in [0.1, 0.15) is 16.0 Å². The van der Waals surface area contributed by atoms with Gasteiger partial charge in [-0.05, 0) is 48.6 Å². The maximum absolute atomic E-state index is 12.3. The molecule has 0 fully saturated rings. The summed E-state index contributed by atoms with van der Waals surface area (Å²) in [4.78, 5) is 0.927. The van der Waals surface area contributed by atoms with Gasteiger partial charge in [0, 0.05) is 17.1 Å². The molecule has 1 heterocycles. The van der Waals surface area contributed by atoms with Crippen molar-refractivity contribution >= 4 is 27.0 Å². The van der Waals surface area contributed by atoms with Gasteiger partial charge in [-0.15, -0.1) is 11.3 Å². The summed E-state index contributed by atoms with van der Waals surface area (Å²) in [6.45, 7) is 4.09. The normalized spacial score (nSPS) is 11.5. The Morgan fingerprint density at radius 3 is 2.42 bits per heavy atom. The van der Waals surface area contributed by atoms with Gasteiger partial charge >= 0.3 is 0 Å². The summed E-state index contributed by atoms with van der Waals surface area (Å²) >= 11 is 1.35. The minimum atomic E-state index is -3.57. The maximum Gasteiger partial charge on any atom is 0.263 e. The van der Waals surface area contributed by atoms with Gasteiger partial charge in [0.1, 0.15) is 4.90 Å². The lowest BCUT2D eigenvalue weighted by molar-refractivity contribution is 0.600. The number of benzene rings is 1. The van der Waals surface area contributed by atoms with E-state index in [-0.39, 0.29) is 11.4 Å². The van der Waals surface area contributed by atoms with E-state index >= 15 is 0 Å². The van der Waals surface area contributed by atoms with Gasteiger partial charge in [0.05, 0.1) is 0 Å². The summed E-state index contributed by atoms with van der Waals surface area (Å²) in [5.41, 5.74) is 8.16. The van der Waals surface area contributed by atoms with E-state index in [0.29, 0.717) is 10.6 Å². The summed E-state index contributed by atoms with van der Waals surface area (Å²) in [5, 5.41) is 1.73. The second-order valence-electron chi connectivity index (χ2n) is 4.39. The summed E-state index contributed by atoms with van der Waals surface area (Å²) in [5.74, 6) is 0. The quantitative estimate of drug-likeness (QED) is 0.911. The van der Waals surface area contributed by atoms with Gasteiger partial charge in [0.15, 0.2) is 0 Å². The number of thiophene rings is 1. The minimum absolute atomic E-state index is 0.223. The molecular formula is C13H16N2O2S2. The van der Waals surface area contributed by atoms with Crippen molar-refractivity contribution in [3.8, 4) is 0 Å². The monoisotopic (exact) mass is 296 g/mol. The molecular weight excluding hydrogens is 280 g/mol. The molecule has 2 rings (SSSR count). The topological polar surface area (TPSA) is 72.2 Å². The van der Waals surface area contributed by atoms with Crippen LogP contribution in [0.15, 0.2) is 34.5 Å². The minimum Gasteiger partial charge on any atom is -0.326 e. The van der Waals surface area contributed by atoms with E-state index in [1.807, 2.05) is 19.9 Å². The zero-order valence-corrected chi connectivity index (χ0v) is 12.4. The van der Waals surface area contributed by atoms with Gasteiger partial charge in [-0.25, -0.2) is 8.42 Å². The molecule has 1 aromatic heterocycles. The molecule has 6 heteroatoms. The summed E-state index contributed by atoms with van der Waals surface area (Å²) < 4.78 is 27.2. The van der Waals surface area contributed by atoms with Crippen molar-refractivity contribution in [1.82, 2.24) is 0 Å². The van der Waals surface area contributed by atoms with Crippen LogP contribution in [0.5, 0.6) is 0 Å². The smallest absolute Gasteiger partial charge is 0.263 e. The molecule has 0 radical (unpaired) electrons. The Morgan fingerprint density at radius 2 is 1.84 bits per heavy atom. The highest BCUT2D eigenvalue weighted by Crippen LogP contribution is 2.24. The highest BCUT2D eigenvalue weighted by molar-refractivity contribution is 7.93. The van der Waals surface area contributed by atoms with Crippen molar-refractivity contribution < 1.29 is 8.42 Å². The second-order valence-corrected chi connectivity index (χ2v) is 7.05. The fraction of sp³-hybridized carbons (Fsp3) is 0.231. The van der Waals surface area contributed by atoms with Crippen molar-refractivity contribution in [2.45, 2.75) is 25.3 Å². The number of sulfonamides is 1. The zero-order valence-electron chi connectivity index (χ0n) is 10.8. The van der Waals surface area contributed by atoms with Crippen LogP contribution in [0.2, 0.25) is 0 Å². The van der Waals surface area contributed by atoms with Crippen LogP contribution in [0.4, 0.5) is 5.69 Å². The van der Waals surface area contributed by atoms with Crippen LogP contribution in [0.25, 0.3) is 0 Å². The van der Waals surface area contributed by atoms with Crippen molar-refractivity contribution in [1.29, 1.82) is 0 Å². The predicted octanol–water partition coefficient (Wildman–Crippen LogP) is 2.62. The molecule has 0 bridgehead atoms. The van der Waals surface area contributed by atoms with Crippen molar-refractivity contribution in [3.05, 3.63) is 45.6 Å². The molecule has 0 saturated carbocycles. The van der Waals surface area contributed by atoms with Crippen LogP contribution >= 0.6 is 11.3 Å². The number of rotatable bonds is 4. The molecule has 4 nitrogen and oxygen atoms in total. The Kier molecular flexibility index (Phi) is 3.93. The molecule has 0 spiro atoms. The molecule has 0 aliphatic rings. The summed E-state index contributed by atoms with van der Waals surface area (Å²) in [7, 11) is -3.57. The number of hydrogen-bond acceptors (Lipinski definition) is 4. The number of hydrogen-bond donors (Lipinski definition) is 2. The fourth-order valence-electron chi connectivity index (χ4n) is 1.96. The molecule has 2 aromatic rings. The van der Waals surface area contributed by atoms with Crippen LogP contribution in [-0.4, -0.2) is 8.42 Å². The van der Waals surface area contributed by atoms with Crippen LogP contribution in [-0.2, 0) is 16.6 Å². The third-order valence-electron chi connectivity index (χ3n) is 2.65. The van der Waals surface area contributed by atoms with Gasteiger partial charge < -0.3 is 5.73 Å². The number of nitrogens with two attached hydrogens (primary N) is 1. The molecule has 102 valence electrons. The van der Waals surface area contributed by atoms with Crippen molar-refractivity contribution in [2.75, 3.05) is 4.72 Å². The van der Waals surface area contributed by atoms with E-state index in [4.69, 9.17) is 5.73 Å². The number of anilines is 1. The third kappa shape index (κ3) is 3.15. The van der Waals surface area contributed by atoms with E-state index in [1.54, 1.807) is 23.6 Å². The van der Waals surface area contributed by atoms with Crippen LogP contribution < -0.4 is 10.5 Å². The molecule has 1 aromatic carbocycles. The molecule has 3 N–H and O–H groups in total. The summed E-state index contributed by atoms with van der Waals surface area (Å²) in [6.07, 6.45) is 0. The Balaban J connectivity index is 2.36. The molecule has 0 amide bonds. The highest BCUT2D eigenvalue weighted by atomic mass is 32.2. The van der Waals surface area contributed by atoms with E-state index in [9.17, 15) is 8.42 Å². The van der Waals surface area contributed by atoms with Crippen molar-refractivity contribution in [3.63, 3.8) is 0 Å². The molecule has 0 atom stereocenters. The predicted molar refractivity (Wildman–Crippen MR) is 78.9 cm³/mol. The summed E-state index contributed by atoms with van der Waals surface area (Å²) in [6, 6.07) is 7.18. The van der Waals surface area contributed by atoms with Crippen LogP contribution in [0.3, 0.4) is 0 Å². The van der Waals surface area contributed by atoms with E-state index < -0.39 is 10.0 Å². The Hall–Kier alpha value is -1.37. The van der Waals surface area contributed by atoms with Crippen LogP contribution in [0, 0.1) is 13.8 Å². The van der Waals surface area contributed by atoms with E-state index in [2.05, 4.69) is 4.72 Å². The lowest BCUT2D eigenvalue weighted by Gasteiger charge is -2.10. The van der Waals surface area contributed by atoms with Gasteiger partial charge in [0.25, 0.3) is 10.0 Å². The molecule has 0 aliphatic carbocycles. The van der Waals surface area contributed by atoms with Gasteiger partial charge in [-0.2, -0.15) is 0 Å². The van der Waals surface area contributed by atoms with Crippen molar-refractivity contribution in [2.24, 2.45) is 5.73 Å². The Morgan fingerprint density at radius 1 is 1.21 bits per heavy atom. The largest absolute Gasteiger partial charge is 0.326 e. The Labute approximate surface area is 117 Å². The second kappa shape index (κ2) is 5.32. The Bertz CT molecular complexity index is 670. The maximum atomic E-state index is 12.3. The highest BCUT2D eigenvalue weighted by Gasteiger charge is 2.19. The number of aryl methyl sites for hydroxylation is 2. The molecule has 0 unspecified atom stereocenters. The van der Waals surface area contributed by atoms with E-state index in [0.717, 1.165) is 11.1 Å². The molecule has 0 saturated heterocycles. The first kappa shape index (κ1) is 14.0. The molecule has 19 heavy (non-hydrogen) atoms. The molecule has 0 aliphatic heterocycles. The van der Waals surface area contributed by atoms with E-state index in [1.165, 1.54) is 11.3 Å². The first-order chi connectivity index (χ1) is 8.92. The SMILES string of the molecule is Cc1cc(C)cc(NS(=O)(=O)c2ccsc2CN)c1. The average molecular weight is 296 g/mol.